The zero-order valence-electron chi connectivity index (χ0n) is 10.8. The minimum atomic E-state index is -1.33. The Labute approximate surface area is 128 Å². The van der Waals surface area contributed by atoms with E-state index < -0.39 is 17.9 Å². The molecule has 0 radical (unpaired) electrons. The molecule has 0 spiro atoms. The van der Waals surface area contributed by atoms with Crippen LogP contribution < -0.4 is 0 Å². The third-order valence-electron chi connectivity index (χ3n) is 2.84. The van der Waals surface area contributed by atoms with Gasteiger partial charge in [-0.15, -0.1) is 0 Å². The van der Waals surface area contributed by atoms with Gasteiger partial charge in [-0.05, 0) is 29.8 Å². The van der Waals surface area contributed by atoms with Gasteiger partial charge < -0.3 is 15.3 Å². The molecule has 7 nitrogen and oxygen atoms in total. The Morgan fingerprint density at radius 2 is 1.41 bits per heavy atom. The lowest BCUT2D eigenvalue weighted by Crippen LogP contribution is -2.05. The maximum Gasteiger partial charge on any atom is 0.336 e. The van der Waals surface area contributed by atoms with E-state index in [0.717, 1.165) is 18.3 Å². The molecule has 2 aromatic rings. The second kappa shape index (κ2) is 5.82. The average molecular weight is 322 g/mol. The summed E-state index contributed by atoms with van der Waals surface area (Å²) in [5, 5.41) is 27.2. The highest BCUT2D eigenvalue weighted by Crippen LogP contribution is 2.27. The van der Waals surface area contributed by atoms with E-state index in [2.05, 4.69) is 4.98 Å². The van der Waals surface area contributed by atoms with Crippen molar-refractivity contribution in [1.29, 1.82) is 0 Å². The number of hydrogen-bond donors (Lipinski definition) is 3. The van der Waals surface area contributed by atoms with E-state index in [1.54, 1.807) is 0 Å². The predicted molar refractivity (Wildman–Crippen MR) is 75.6 cm³/mol. The van der Waals surface area contributed by atoms with Crippen LogP contribution >= 0.6 is 11.6 Å². The number of hydrogen-bond acceptors (Lipinski definition) is 4. The molecule has 0 unspecified atom stereocenters. The zero-order chi connectivity index (χ0) is 16.4. The number of carboxylic acids is 3. The van der Waals surface area contributed by atoms with Crippen LogP contribution in [-0.2, 0) is 0 Å². The van der Waals surface area contributed by atoms with Crippen molar-refractivity contribution in [2.24, 2.45) is 0 Å². The molecular weight excluding hydrogens is 314 g/mol. The second-order valence-corrected chi connectivity index (χ2v) is 4.65. The van der Waals surface area contributed by atoms with E-state index in [9.17, 15) is 19.5 Å². The number of carboxylic acid groups (broad SMARTS) is 3. The van der Waals surface area contributed by atoms with E-state index in [1.165, 1.54) is 12.1 Å². The highest BCUT2D eigenvalue weighted by atomic mass is 35.5. The molecule has 0 saturated carbocycles. The van der Waals surface area contributed by atoms with Crippen molar-refractivity contribution in [1.82, 2.24) is 4.98 Å². The van der Waals surface area contributed by atoms with Crippen LogP contribution in [0.25, 0.3) is 11.1 Å². The molecule has 112 valence electrons. The molecule has 0 aliphatic rings. The molecule has 3 N–H and O–H groups in total. The van der Waals surface area contributed by atoms with Crippen LogP contribution in [0.4, 0.5) is 0 Å². The fraction of sp³-hybridized carbons (Fsp3) is 0. The van der Waals surface area contributed by atoms with E-state index in [0.29, 0.717) is 0 Å². The first-order valence-electron chi connectivity index (χ1n) is 5.80. The van der Waals surface area contributed by atoms with E-state index in [-0.39, 0.29) is 33.0 Å². The number of benzene rings is 1. The van der Waals surface area contributed by atoms with Gasteiger partial charge >= 0.3 is 17.9 Å². The number of carbonyl (C=O) groups is 3. The minimum absolute atomic E-state index is 0.0472. The van der Waals surface area contributed by atoms with Crippen LogP contribution in [0.1, 0.15) is 31.1 Å². The molecular formula is C14H8ClNO6. The van der Waals surface area contributed by atoms with Gasteiger partial charge in [0.05, 0.1) is 16.7 Å². The molecule has 0 aliphatic carbocycles. The number of aromatic nitrogens is 1. The van der Waals surface area contributed by atoms with Gasteiger partial charge in [0.2, 0.25) is 0 Å². The lowest BCUT2D eigenvalue weighted by molar-refractivity contribution is 0.0683. The van der Waals surface area contributed by atoms with Crippen molar-refractivity contribution >= 4 is 29.5 Å². The largest absolute Gasteiger partial charge is 0.478 e. The first kappa shape index (κ1) is 15.5. The van der Waals surface area contributed by atoms with Crippen LogP contribution in [0.3, 0.4) is 0 Å². The maximum absolute atomic E-state index is 11.3. The molecule has 0 bridgehead atoms. The highest BCUT2D eigenvalue weighted by Gasteiger charge is 2.17. The van der Waals surface area contributed by atoms with Gasteiger partial charge in [-0.3, -0.25) is 0 Å². The van der Waals surface area contributed by atoms with Crippen molar-refractivity contribution in [3.8, 4) is 11.1 Å². The topological polar surface area (TPSA) is 125 Å². The highest BCUT2D eigenvalue weighted by molar-refractivity contribution is 6.29. The number of aromatic carboxylic acids is 3. The Hall–Kier alpha value is -2.93. The third kappa shape index (κ3) is 3.04. The molecule has 0 amide bonds. The van der Waals surface area contributed by atoms with Crippen LogP contribution in [0, 0.1) is 0 Å². The molecule has 8 heteroatoms. The number of nitrogens with zero attached hydrogens (tertiary/aromatic N) is 1. The Morgan fingerprint density at radius 3 is 1.86 bits per heavy atom. The molecule has 2 rings (SSSR count). The quantitative estimate of drug-likeness (QED) is 0.739. The smallest absolute Gasteiger partial charge is 0.336 e. The van der Waals surface area contributed by atoms with Gasteiger partial charge in [-0.25, -0.2) is 19.4 Å². The Balaban J connectivity index is 2.74. The Morgan fingerprint density at radius 1 is 0.864 bits per heavy atom. The fourth-order valence-electron chi connectivity index (χ4n) is 1.87. The van der Waals surface area contributed by atoms with Gasteiger partial charge in [-0.1, -0.05) is 11.6 Å². The molecule has 1 aromatic carbocycles. The minimum Gasteiger partial charge on any atom is -0.478 e. The summed E-state index contributed by atoms with van der Waals surface area (Å²) in [7, 11) is 0. The molecule has 0 saturated heterocycles. The third-order valence-corrected chi connectivity index (χ3v) is 3.05. The van der Waals surface area contributed by atoms with Crippen LogP contribution in [0.15, 0.2) is 30.5 Å². The van der Waals surface area contributed by atoms with Gasteiger partial charge in [-0.2, -0.15) is 0 Å². The first-order chi connectivity index (χ1) is 10.3. The normalized spacial score (nSPS) is 10.2. The number of rotatable bonds is 4. The molecule has 0 fully saturated rings. The summed E-state index contributed by atoms with van der Waals surface area (Å²) in [6.45, 7) is 0. The molecule has 0 aliphatic heterocycles. The SMILES string of the molecule is O=C(O)c1cc(C(=O)O)cc(-c2cnc(Cl)cc2C(=O)O)c1. The zero-order valence-corrected chi connectivity index (χ0v) is 11.5. The second-order valence-electron chi connectivity index (χ2n) is 4.27. The van der Waals surface area contributed by atoms with Gasteiger partial charge in [0.1, 0.15) is 5.15 Å². The Bertz CT molecular complexity index is 770. The summed E-state index contributed by atoms with van der Waals surface area (Å²) in [6, 6.07) is 4.43. The molecule has 1 heterocycles. The summed E-state index contributed by atoms with van der Waals surface area (Å²) in [5.41, 5.74) is -0.581. The predicted octanol–water partition coefficient (Wildman–Crippen LogP) is 2.50. The first-order valence-corrected chi connectivity index (χ1v) is 6.18. The lowest BCUT2D eigenvalue weighted by atomic mass is 9.97. The molecule has 1 aromatic heterocycles. The van der Waals surface area contributed by atoms with Crippen LogP contribution in [0.2, 0.25) is 5.15 Å². The van der Waals surface area contributed by atoms with Gasteiger partial charge in [0.15, 0.2) is 0 Å². The number of pyridine rings is 1. The van der Waals surface area contributed by atoms with Crippen molar-refractivity contribution in [2.75, 3.05) is 0 Å². The summed E-state index contributed by atoms with van der Waals surface area (Å²) in [6.07, 6.45) is 1.15. The summed E-state index contributed by atoms with van der Waals surface area (Å²) < 4.78 is 0. The summed E-state index contributed by atoms with van der Waals surface area (Å²) in [5.74, 6) is -3.96. The van der Waals surface area contributed by atoms with Crippen molar-refractivity contribution in [2.45, 2.75) is 0 Å². The van der Waals surface area contributed by atoms with E-state index in [4.69, 9.17) is 21.8 Å². The monoisotopic (exact) mass is 321 g/mol. The van der Waals surface area contributed by atoms with Crippen LogP contribution in [-0.4, -0.2) is 38.2 Å². The Kier molecular flexibility index (Phi) is 4.09. The molecule has 22 heavy (non-hydrogen) atoms. The maximum atomic E-state index is 11.3. The standard InChI is InChI=1S/C14H8ClNO6/c15-11-4-9(14(21)22)10(5-16-11)6-1-7(12(17)18)3-8(2-6)13(19)20/h1-5H,(H,17,18)(H,19,20)(H,21,22). The molecule has 0 atom stereocenters. The van der Waals surface area contributed by atoms with Crippen molar-refractivity contribution in [3.05, 3.63) is 52.3 Å². The van der Waals surface area contributed by atoms with Crippen molar-refractivity contribution < 1.29 is 29.7 Å². The summed E-state index contributed by atoms with van der Waals surface area (Å²) >= 11 is 5.65. The number of halogens is 1. The van der Waals surface area contributed by atoms with Crippen molar-refractivity contribution in [3.63, 3.8) is 0 Å². The van der Waals surface area contributed by atoms with Gasteiger partial charge in [0.25, 0.3) is 0 Å². The van der Waals surface area contributed by atoms with Crippen LogP contribution in [0.5, 0.6) is 0 Å². The fourth-order valence-corrected chi connectivity index (χ4v) is 2.02. The lowest BCUT2D eigenvalue weighted by Gasteiger charge is -2.09. The average Bonchev–Trinajstić information content (AvgIpc) is 2.46. The van der Waals surface area contributed by atoms with Gasteiger partial charge in [0, 0.05) is 11.8 Å². The van der Waals surface area contributed by atoms with E-state index >= 15 is 0 Å². The van der Waals surface area contributed by atoms with E-state index in [1.807, 2.05) is 0 Å². The summed E-state index contributed by atoms with van der Waals surface area (Å²) in [4.78, 5) is 37.2.